The van der Waals surface area contributed by atoms with Gasteiger partial charge in [0.25, 0.3) is 5.69 Å². The van der Waals surface area contributed by atoms with E-state index in [9.17, 15) is 22.9 Å². The summed E-state index contributed by atoms with van der Waals surface area (Å²) in [4.78, 5) is 18.0. The smallest absolute Gasteiger partial charge is 0.269 e. The summed E-state index contributed by atoms with van der Waals surface area (Å²) in [6.45, 7) is 1.13. The van der Waals surface area contributed by atoms with Crippen molar-refractivity contribution in [2.24, 2.45) is 0 Å². The van der Waals surface area contributed by atoms with E-state index in [2.05, 4.69) is 0 Å². The molecule has 2 atom stereocenters. The summed E-state index contributed by atoms with van der Waals surface area (Å²) in [6.07, 6.45) is 0. The third-order valence-electron chi connectivity index (χ3n) is 5.78. The van der Waals surface area contributed by atoms with Crippen LogP contribution >= 0.6 is 0 Å². The molecule has 9 nitrogen and oxygen atoms in total. The molecule has 0 aromatic heterocycles. The Hall–Kier alpha value is -2.60. The number of nitro benzene ring substituents is 1. The van der Waals surface area contributed by atoms with Crippen LogP contribution in [0.4, 0.5) is 15.8 Å². The highest BCUT2D eigenvalue weighted by molar-refractivity contribution is 7.89. The summed E-state index contributed by atoms with van der Waals surface area (Å²) in [7, 11) is -2.14. The quantitative estimate of drug-likeness (QED) is 0.509. The van der Waals surface area contributed by atoms with Crippen LogP contribution in [0.15, 0.2) is 48.5 Å². The number of para-hydroxylation sites is 1. The number of halogens is 1. The van der Waals surface area contributed by atoms with Crippen molar-refractivity contribution in [2.45, 2.75) is 11.3 Å². The molecule has 2 unspecified atom stereocenters. The van der Waals surface area contributed by atoms with Crippen molar-refractivity contribution in [3.63, 3.8) is 0 Å². The van der Waals surface area contributed by atoms with Crippen LogP contribution in [-0.2, 0) is 14.9 Å². The van der Waals surface area contributed by atoms with Crippen LogP contribution in [0.25, 0.3) is 0 Å². The zero-order chi connectivity index (χ0) is 22.2. The Kier molecular flexibility index (Phi) is 5.93. The normalized spacial score (nSPS) is 23.2. The van der Waals surface area contributed by atoms with Gasteiger partial charge in [-0.25, -0.2) is 12.8 Å². The highest BCUT2D eigenvalue weighted by atomic mass is 32.2. The largest absolute Gasteiger partial charge is 0.367 e. The Morgan fingerprint density at radius 2 is 1.81 bits per heavy atom. The minimum absolute atomic E-state index is 0.0419. The Labute approximate surface area is 179 Å². The molecule has 0 saturated carbocycles. The average molecular weight is 450 g/mol. The maximum Gasteiger partial charge on any atom is 0.269 e. The predicted molar refractivity (Wildman–Crippen MR) is 112 cm³/mol. The first kappa shape index (κ1) is 21.6. The van der Waals surface area contributed by atoms with E-state index in [1.165, 1.54) is 33.6 Å². The molecule has 2 aliphatic heterocycles. The standard InChI is InChI=1S/C20H23FN4O5S/c1-22-20(15-5-4-6-16(13-15)25(26)27)19(14-30-22)31(28,29)24-11-9-23(10-12-24)18-8-3-2-7-17(18)21/h2-8,13,19-20H,9-12,14H2,1H3. The molecule has 2 saturated heterocycles. The molecular formula is C20H23FN4O5S. The molecule has 0 radical (unpaired) electrons. The minimum atomic E-state index is -3.76. The van der Waals surface area contributed by atoms with Gasteiger partial charge in [0.05, 0.1) is 23.3 Å². The Balaban J connectivity index is 1.53. The molecule has 4 rings (SSSR count). The van der Waals surface area contributed by atoms with Gasteiger partial charge < -0.3 is 4.90 Å². The Bertz CT molecular complexity index is 1070. The zero-order valence-electron chi connectivity index (χ0n) is 16.9. The molecule has 0 aliphatic carbocycles. The van der Waals surface area contributed by atoms with Gasteiger partial charge in [0.1, 0.15) is 11.1 Å². The summed E-state index contributed by atoms with van der Waals surface area (Å²) in [5.74, 6) is -0.338. The second kappa shape index (κ2) is 8.50. The number of hydrogen-bond acceptors (Lipinski definition) is 7. The molecule has 0 amide bonds. The molecule has 166 valence electrons. The van der Waals surface area contributed by atoms with Crippen molar-refractivity contribution >= 4 is 21.4 Å². The summed E-state index contributed by atoms with van der Waals surface area (Å²) in [5.41, 5.74) is 0.859. The molecule has 2 aromatic carbocycles. The van der Waals surface area contributed by atoms with Crippen molar-refractivity contribution < 1.29 is 22.6 Å². The van der Waals surface area contributed by atoms with E-state index in [-0.39, 0.29) is 31.2 Å². The Morgan fingerprint density at radius 3 is 2.48 bits per heavy atom. The lowest BCUT2D eigenvalue weighted by Crippen LogP contribution is -2.52. The molecular weight excluding hydrogens is 427 g/mol. The second-order valence-corrected chi connectivity index (χ2v) is 9.71. The summed E-state index contributed by atoms with van der Waals surface area (Å²) < 4.78 is 42.4. The third kappa shape index (κ3) is 4.13. The van der Waals surface area contributed by atoms with Gasteiger partial charge in [0, 0.05) is 45.4 Å². The SMILES string of the molecule is CN1OCC(S(=O)(=O)N2CCN(c3ccccc3F)CC2)C1c1cccc([N+](=O)[O-])c1. The first-order valence-corrected chi connectivity index (χ1v) is 11.4. The van der Waals surface area contributed by atoms with Crippen LogP contribution in [0.5, 0.6) is 0 Å². The molecule has 11 heteroatoms. The van der Waals surface area contributed by atoms with Crippen LogP contribution in [0.3, 0.4) is 0 Å². The summed E-state index contributed by atoms with van der Waals surface area (Å²) in [6, 6.07) is 11.7. The van der Waals surface area contributed by atoms with Crippen molar-refractivity contribution in [3.05, 3.63) is 70.0 Å². The number of nitrogens with zero attached hydrogens (tertiary/aromatic N) is 4. The van der Waals surface area contributed by atoms with Crippen molar-refractivity contribution in [2.75, 3.05) is 44.7 Å². The van der Waals surface area contributed by atoms with E-state index in [1.807, 2.05) is 4.90 Å². The summed E-state index contributed by atoms with van der Waals surface area (Å²) >= 11 is 0. The minimum Gasteiger partial charge on any atom is -0.367 e. The van der Waals surface area contributed by atoms with Gasteiger partial charge in [-0.15, -0.1) is 0 Å². The monoisotopic (exact) mass is 450 g/mol. The van der Waals surface area contributed by atoms with Gasteiger partial charge in [-0.2, -0.15) is 9.37 Å². The van der Waals surface area contributed by atoms with E-state index >= 15 is 0 Å². The fourth-order valence-electron chi connectivity index (χ4n) is 4.18. The van der Waals surface area contributed by atoms with Gasteiger partial charge in [0.2, 0.25) is 10.0 Å². The van der Waals surface area contributed by atoms with E-state index < -0.39 is 26.2 Å². The van der Waals surface area contributed by atoms with Crippen molar-refractivity contribution in [3.8, 4) is 0 Å². The maximum atomic E-state index is 14.1. The molecule has 2 aliphatic rings. The van der Waals surface area contributed by atoms with Crippen LogP contribution in [0.2, 0.25) is 0 Å². The van der Waals surface area contributed by atoms with E-state index in [0.717, 1.165) is 0 Å². The second-order valence-electron chi connectivity index (χ2n) is 7.56. The van der Waals surface area contributed by atoms with Crippen molar-refractivity contribution in [1.82, 2.24) is 9.37 Å². The van der Waals surface area contributed by atoms with Crippen LogP contribution in [0.1, 0.15) is 11.6 Å². The lowest BCUT2D eigenvalue weighted by atomic mass is 10.0. The maximum absolute atomic E-state index is 14.1. The number of benzene rings is 2. The zero-order valence-corrected chi connectivity index (χ0v) is 17.7. The molecule has 0 bridgehead atoms. The van der Waals surface area contributed by atoms with Gasteiger partial charge in [-0.3, -0.25) is 15.0 Å². The van der Waals surface area contributed by atoms with E-state index in [0.29, 0.717) is 24.3 Å². The molecule has 0 spiro atoms. The number of nitro groups is 1. The van der Waals surface area contributed by atoms with E-state index in [4.69, 9.17) is 4.84 Å². The van der Waals surface area contributed by atoms with Gasteiger partial charge >= 0.3 is 0 Å². The molecule has 31 heavy (non-hydrogen) atoms. The summed E-state index contributed by atoms with van der Waals surface area (Å²) in [5, 5.41) is 11.7. The first-order chi connectivity index (χ1) is 14.8. The van der Waals surface area contributed by atoms with Crippen LogP contribution < -0.4 is 4.90 Å². The Morgan fingerprint density at radius 1 is 1.10 bits per heavy atom. The third-order valence-corrected chi connectivity index (χ3v) is 8.03. The topological polar surface area (TPSA) is 96.2 Å². The number of non-ortho nitro benzene ring substituents is 1. The van der Waals surface area contributed by atoms with Crippen molar-refractivity contribution in [1.29, 1.82) is 0 Å². The van der Waals surface area contributed by atoms with Gasteiger partial charge in [0.15, 0.2) is 0 Å². The molecule has 2 heterocycles. The number of anilines is 1. The highest BCUT2D eigenvalue weighted by Gasteiger charge is 2.46. The molecule has 2 fully saturated rings. The lowest BCUT2D eigenvalue weighted by Gasteiger charge is -2.37. The van der Waals surface area contributed by atoms with Crippen LogP contribution in [0, 0.1) is 15.9 Å². The van der Waals surface area contributed by atoms with Gasteiger partial charge in [-0.05, 0) is 17.7 Å². The number of rotatable bonds is 5. The first-order valence-electron chi connectivity index (χ1n) is 9.87. The number of piperazine rings is 1. The fourth-order valence-corrected chi connectivity index (χ4v) is 6.12. The van der Waals surface area contributed by atoms with E-state index in [1.54, 1.807) is 31.3 Å². The number of hydroxylamine groups is 2. The number of sulfonamides is 1. The predicted octanol–water partition coefficient (Wildman–Crippen LogP) is 2.17. The van der Waals surface area contributed by atoms with Gasteiger partial charge in [-0.1, -0.05) is 24.3 Å². The molecule has 2 aromatic rings. The number of hydrogen-bond donors (Lipinski definition) is 0. The lowest BCUT2D eigenvalue weighted by molar-refractivity contribution is -0.385. The fraction of sp³-hybridized carbons (Fsp3) is 0.400. The van der Waals surface area contributed by atoms with Crippen LogP contribution in [-0.4, -0.2) is 67.8 Å². The molecule has 0 N–H and O–H groups in total. The highest BCUT2D eigenvalue weighted by Crippen LogP contribution is 2.36. The average Bonchev–Trinajstić information content (AvgIpc) is 3.16.